The number of aromatic carboxylic acids is 1. The summed E-state index contributed by atoms with van der Waals surface area (Å²) in [4.78, 5) is 23.9. The van der Waals surface area contributed by atoms with Gasteiger partial charge in [0.2, 0.25) is 0 Å². The fourth-order valence-electron chi connectivity index (χ4n) is 1.33. The molecule has 2 amide bonds. The molecule has 0 aliphatic heterocycles. The first kappa shape index (κ1) is 14.9. The van der Waals surface area contributed by atoms with Gasteiger partial charge in [0, 0.05) is 7.05 Å². The van der Waals surface area contributed by atoms with Gasteiger partial charge in [0.25, 0.3) is 0 Å². The average molecular weight is 270 g/mol. The lowest BCUT2D eigenvalue weighted by Crippen LogP contribution is -2.40. The normalized spacial score (nSPS) is 11.8. The third-order valence-corrected chi connectivity index (χ3v) is 2.70. The van der Waals surface area contributed by atoms with Gasteiger partial charge < -0.3 is 20.4 Å². The van der Waals surface area contributed by atoms with Crippen LogP contribution in [0.3, 0.4) is 0 Å². The molecule has 7 heteroatoms. The lowest BCUT2D eigenvalue weighted by Gasteiger charge is -2.23. The van der Waals surface area contributed by atoms with Crippen molar-refractivity contribution in [3.63, 3.8) is 0 Å². The predicted molar refractivity (Wildman–Crippen MR) is 66.7 cm³/mol. The van der Waals surface area contributed by atoms with Crippen LogP contribution in [-0.2, 0) is 0 Å². The van der Waals surface area contributed by atoms with Crippen molar-refractivity contribution in [1.29, 1.82) is 0 Å². The zero-order chi connectivity index (χ0) is 14.6. The minimum absolute atomic E-state index is 0.130. The number of nitrogens with one attached hydrogen (secondary N) is 1. The molecule has 1 aromatic carbocycles. The Balaban J connectivity index is 2.95. The molecule has 0 aromatic heterocycles. The number of hydrogen-bond donors (Lipinski definition) is 3. The van der Waals surface area contributed by atoms with E-state index in [4.69, 9.17) is 10.2 Å². The fourth-order valence-corrected chi connectivity index (χ4v) is 1.33. The zero-order valence-corrected chi connectivity index (χ0v) is 10.6. The Labute approximate surface area is 109 Å². The summed E-state index contributed by atoms with van der Waals surface area (Å²) in [6, 6.07) is 1.93. The number of carbonyl (C=O) groups is 2. The number of anilines is 1. The molecule has 0 aliphatic rings. The molecule has 19 heavy (non-hydrogen) atoms. The Bertz CT molecular complexity index is 493. The predicted octanol–water partition coefficient (Wildman–Crippen LogP) is 1.37. The molecule has 0 fully saturated rings. The van der Waals surface area contributed by atoms with E-state index in [9.17, 15) is 14.0 Å². The van der Waals surface area contributed by atoms with Gasteiger partial charge >= 0.3 is 12.0 Å². The highest BCUT2D eigenvalue weighted by Crippen LogP contribution is 2.18. The van der Waals surface area contributed by atoms with Crippen molar-refractivity contribution in [2.45, 2.75) is 13.0 Å². The Morgan fingerprint density at radius 3 is 2.63 bits per heavy atom. The van der Waals surface area contributed by atoms with Gasteiger partial charge in [-0.2, -0.15) is 0 Å². The molecule has 0 saturated carbocycles. The minimum Gasteiger partial charge on any atom is -0.478 e. The van der Waals surface area contributed by atoms with Gasteiger partial charge in [0.15, 0.2) is 0 Å². The molecule has 1 unspecified atom stereocenters. The lowest BCUT2D eigenvalue weighted by molar-refractivity contribution is 0.0698. The van der Waals surface area contributed by atoms with E-state index >= 15 is 0 Å². The number of aliphatic hydroxyl groups is 1. The summed E-state index contributed by atoms with van der Waals surface area (Å²) in [7, 11) is 1.44. The number of carboxylic acids is 1. The van der Waals surface area contributed by atoms with E-state index in [1.807, 2.05) is 0 Å². The van der Waals surface area contributed by atoms with E-state index in [-0.39, 0.29) is 17.9 Å². The lowest BCUT2D eigenvalue weighted by atomic mass is 10.1. The molecule has 1 atom stereocenters. The van der Waals surface area contributed by atoms with Crippen LogP contribution in [0.25, 0.3) is 0 Å². The van der Waals surface area contributed by atoms with Crippen LogP contribution in [0.4, 0.5) is 14.9 Å². The molecule has 0 spiro atoms. The summed E-state index contributed by atoms with van der Waals surface area (Å²) in [5.41, 5.74) is -0.339. The second kappa shape index (κ2) is 6.14. The van der Waals surface area contributed by atoms with Gasteiger partial charge in [-0.05, 0) is 25.1 Å². The van der Waals surface area contributed by atoms with Gasteiger partial charge in [-0.15, -0.1) is 0 Å². The Kier molecular flexibility index (Phi) is 4.82. The topological polar surface area (TPSA) is 89.9 Å². The summed E-state index contributed by atoms with van der Waals surface area (Å²) < 4.78 is 13.1. The summed E-state index contributed by atoms with van der Waals surface area (Å²) in [5, 5.41) is 20.2. The summed E-state index contributed by atoms with van der Waals surface area (Å²) in [5.74, 6) is -1.92. The van der Waals surface area contributed by atoms with Crippen LogP contribution in [0.1, 0.15) is 17.3 Å². The standard InChI is InChI=1S/C12H15FN2O4/c1-7(6-16)15(2)12(19)14-10-5-8(13)3-4-9(10)11(17)18/h3-5,7,16H,6H2,1-2H3,(H,14,19)(H,17,18). The molecule has 0 bridgehead atoms. The van der Waals surface area contributed by atoms with E-state index in [0.717, 1.165) is 18.2 Å². The van der Waals surface area contributed by atoms with Crippen LogP contribution in [-0.4, -0.2) is 46.8 Å². The number of hydrogen-bond acceptors (Lipinski definition) is 3. The highest BCUT2D eigenvalue weighted by atomic mass is 19.1. The average Bonchev–Trinajstić information content (AvgIpc) is 2.36. The van der Waals surface area contributed by atoms with E-state index in [1.165, 1.54) is 11.9 Å². The number of rotatable bonds is 4. The number of carboxylic acid groups (broad SMARTS) is 1. The van der Waals surface area contributed by atoms with Crippen LogP contribution in [0.5, 0.6) is 0 Å². The maximum Gasteiger partial charge on any atom is 0.337 e. The quantitative estimate of drug-likeness (QED) is 0.770. The van der Waals surface area contributed by atoms with Crippen LogP contribution >= 0.6 is 0 Å². The molecule has 6 nitrogen and oxygen atoms in total. The summed E-state index contributed by atoms with van der Waals surface area (Å²) >= 11 is 0. The number of urea groups is 1. The maximum absolute atomic E-state index is 13.1. The fraction of sp³-hybridized carbons (Fsp3) is 0.333. The molecule has 0 aliphatic carbocycles. The number of amides is 2. The first-order valence-corrected chi connectivity index (χ1v) is 5.54. The number of carbonyl (C=O) groups excluding carboxylic acids is 1. The van der Waals surface area contributed by atoms with Crippen molar-refractivity contribution in [2.24, 2.45) is 0 Å². The highest BCUT2D eigenvalue weighted by Gasteiger charge is 2.18. The molecule has 0 radical (unpaired) electrons. The SMILES string of the molecule is CC(CO)N(C)C(=O)Nc1cc(F)ccc1C(=O)O. The highest BCUT2D eigenvalue weighted by molar-refractivity contribution is 6.00. The van der Waals surface area contributed by atoms with Gasteiger partial charge in [-0.25, -0.2) is 14.0 Å². The van der Waals surface area contributed by atoms with E-state index < -0.39 is 23.9 Å². The summed E-state index contributed by atoms with van der Waals surface area (Å²) in [6.07, 6.45) is 0. The van der Waals surface area contributed by atoms with Gasteiger partial charge in [-0.3, -0.25) is 0 Å². The number of likely N-dealkylation sites (N-methyl/N-ethyl adjacent to an activating group) is 1. The van der Waals surface area contributed by atoms with Crippen molar-refractivity contribution in [1.82, 2.24) is 4.90 Å². The van der Waals surface area contributed by atoms with E-state index in [2.05, 4.69) is 5.32 Å². The van der Waals surface area contributed by atoms with Gasteiger partial charge in [-0.1, -0.05) is 0 Å². The van der Waals surface area contributed by atoms with Crippen molar-refractivity contribution in [3.8, 4) is 0 Å². The molecular weight excluding hydrogens is 255 g/mol. The first-order chi connectivity index (χ1) is 8.86. The Morgan fingerprint density at radius 1 is 1.47 bits per heavy atom. The van der Waals surface area contributed by atoms with Gasteiger partial charge in [0.05, 0.1) is 23.9 Å². The third kappa shape index (κ3) is 3.65. The van der Waals surface area contributed by atoms with Crippen molar-refractivity contribution in [3.05, 3.63) is 29.6 Å². The third-order valence-electron chi connectivity index (χ3n) is 2.70. The monoisotopic (exact) mass is 270 g/mol. The first-order valence-electron chi connectivity index (χ1n) is 5.54. The van der Waals surface area contributed by atoms with Crippen LogP contribution in [0, 0.1) is 5.82 Å². The molecular formula is C12H15FN2O4. The number of aliphatic hydroxyl groups excluding tert-OH is 1. The van der Waals surface area contributed by atoms with Gasteiger partial charge in [0.1, 0.15) is 5.82 Å². The van der Waals surface area contributed by atoms with Crippen molar-refractivity contribution in [2.75, 3.05) is 19.0 Å². The minimum atomic E-state index is -1.27. The molecule has 3 N–H and O–H groups in total. The summed E-state index contributed by atoms with van der Waals surface area (Å²) in [6.45, 7) is 1.38. The molecule has 1 rings (SSSR count). The zero-order valence-electron chi connectivity index (χ0n) is 10.6. The second-order valence-electron chi connectivity index (χ2n) is 4.07. The van der Waals surface area contributed by atoms with Crippen molar-refractivity contribution >= 4 is 17.7 Å². The molecule has 1 aromatic rings. The number of halogens is 1. The maximum atomic E-state index is 13.1. The Hall–Kier alpha value is -2.15. The van der Waals surface area contributed by atoms with E-state index in [1.54, 1.807) is 6.92 Å². The van der Waals surface area contributed by atoms with Crippen LogP contribution in [0.15, 0.2) is 18.2 Å². The molecule has 104 valence electrons. The van der Waals surface area contributed by atoms with Crippen LogP contribution in [0.2, 0.25) is 0 Å². The smallest absolute Gasteiger partial charge is 0.337 e. The second-order valence-corrected chi connectivity index (χ2v) is 4.07. The molecule has 0 saturated heterocycles. The molecule has 0 heterocycles. The number of nitrogens with zero attached hydrogens (tertiary/aromatic N) is 1. The Morgan fingerprint density at radius 2 is 2.11 bits per heavy atom. The number of benzene rings is 1. The van der Waals surface area contributed by atoms with Crippen LogP contribution < -0.4 is 5.32 Å². The largest absolute Gasteiger partial charge is 0.478 e. The van der Waals surface area contributed by atoms with Crippen molar-refractivity contribution < 1.29 is 24.2 Å². The van der Waals surface area contributed by atoms with E-state index in [0.29, 0.717) is 0 Å².